The van der Waals surface area contributed by atoms with E-state index >= 15 is 0 Å². The van der Waals surface area contributed by atoms with E-state index in [-0.39, 0.29) is 0 Å². The highest BCUT2D eigenvalue weighted by atomic mass is 15.0. The number of rotatable bonds is 1. The lowest BCUT2D eigenvalue weighted by Crippen LogP contribution is -1.88. The van der Waals surface area contributed by atoms with E-state index in [0.717, 1.165) is 16.8 Å². The van der Waals surface area contributed by atoms with E-state index in [1.807, 2.05) is 12.1 Å². The molecular weight excluding hydrogens is 190 g/mol. The first-order valence-corrected chi connectivity index (χ1v) is 4.49. The SMILES string of the molecule is c1cc(-c2ncnc3nc[nH]c23)ccn1. The van der Waals surface area contributed by atoms with Crippen LogP contribution in [0, 0.1) is 0 Å². The number of hydrogen-bond donors (Lipinski definition) is 1. The van der Waals surface area contributed by atoms with E-state index in [1.165, 1.54) is 6.33 Å². The summed E-state index contributed by atoms with van der Waals surface area (Å²) in [6.45, 7) is 0. The molecular formula is C10H7N5. The van der Waals surface area contributed by atoms with Crippen molar-refractivity contribution in [3.63, 3.8) is 0 Å². The zero-order valence-electron chi connectivity index (χ0n) is 7.75. The minimum Gasteiger partial charge on any atom is -0.341 e. The quantitative estimate of drug-likeness (QED) is 0.640. The number of hydrogen-bond acceptors (Lipinski definition) is 4. The molecule has 5 heteroatoms. The highest BCUT2D eigenvalue weighted by molar-refractivity contribution is 5.86. The number of pyridine rings is 1. The minimum atomic E-state index is 0.678. The maximum absolute atomic E-state index is 4.24. The number of aromatic amines is 1. The van der Waals surface area contributed by atoms with Crippen LogP contribution in [0.4, 0.5) is 0 Å². The summed E-state index contributed by atoms with van der Waals surface area (Å²) in [4.78, 5) is 19.4. The van der Waals surface area contributed by atoms with Crippen molar-refractivity contribution in [1.29, 1.82) is 0 Å². The van der Waals surface area contributed by atoms with Crippen molar-refractivity contribution in [3.8, 4) is 11.3 Å². The summed E-state index contributed by atoms with van der Waals surface area (Å²) in [5.41, 5.74) is 3.38. The molecule has 0 saturated carbocycles. The summed E-state index contributed by atoms with van der Waals surface area (Å²) in [6, 6.07) is 3.81. The van der Waals surface area contributed by atoms with Crippen LogP contribution in [-0.4, -0.2) is 24.9 Å². The van der Waals surface area contributed by atoms with Crippen LogP contribution in [0.3, 0.4) is 0 Å². The van der Waals surface area contributed by atoms with Crippen LogP contribution in [0.25, 0.3) is 22.4 Å². The lowest BCUT2D eigenvalue weighted by Gasteiger charge is -1.99. The molecule has 0 aliphatic carbocycles. The number of nitrogens with one attached hydrogen (secondary N) is 1. The Balaban J connectivity index is 2.31. The average Bonchev–Trinajstić information content (AvgIpc) is 2.78. The second kappa shape index (κ2) is 3.13. The molecule has 3 aromatic heterocycles. The fourth-order valence-corrected chi connectivity index (χ4v) is 1.49. The van der Waals surface area contributed by atoms with Gasteiger partial charge in [0, 0.05) is 18.0 Å². The average molecular weight is 197 g/mol. The Bertz CT molecular complexity index is 587. The van der Waals surface area contributed by atoms with Crippen LogP contribution >= 0.6 is 0 Å². The summed E-state index contributed by atoms with van der Waals surface area (Å²) in [7, 11) is 0. The third kappa shape index (κ3) is 1.25. The van der Waals surface area contributed by atoms with E-state index in [2.05, 4.69) is 24.9 Å². The van der Waals surface area contributed by atoms with Crippen LogP contribution in [0.1, 0.15) is 0 Å². The van der Waals surface area contributed by atoms with Gasteiger partial charge in [0.25, 0.3) is 0 Å². The summed E-state index contributed by atoms with van der Waals surface area (Å²) in [5.74, 6) is 0. The molecule has 0 spiro atoms. The summed E-state index contributed by atoms with van der Waals surface area (Å²) in [5, 5.41) is 0. The maximum Gasteiger partial charge on any atom is 0.181 e. The van der Waals surface area contributed by atoms with E-state index in [0.29, 0.717) is 5.65 Å². The third-order valence-corrected chi connectivity index (χ3v) is 2.18. The van der Waals surface area contributed by atoms with Gasteiger partial charge < -0.3 is 4.98 Å². The molecule has 3 aromatic rings. The first-order valence-electron chi connectivity index (χ1n) is 4.49. The Morgan fingerprint density at radius 2 is 1.87 bits per heavy atom. The van der Waals surface area contributed by atoms with E-state index < -0.39 is 0 Å². The van der Waals surface area contributed by atoms with Gasteiger partial charge in [-0.25, -0.2) is 15.0 Å². The molecule has 5 nitrogen and oxygen atoms in total. The largest absolute Gasteiger partial charge is 0.341 e. The van der Waals surface area contributed by atoms with Gasteiger partial charge in [0.15, 0.2) is 5.65 Å². The maximum atomic E-state index is 4.24. The number of H-pyrrole nitrogens is 1. The van der Waals surface area contributed by atoms with Crippen molar-refractivity contribution in [2.75, 3.05) is 0 Å². The predicted octanol–water partition coefficient (Wildman–Crippen LogP) is 1.41. The molecule has 0 atom stereocenters. The van der Waals surface area contributed by atoms with Crippen molar-refractivity contribution >= 4 is 11.2 Å². The molecule has 0 radical (unpaired) electrons. The molecule has 0 aliphatic heterocycles. The van der Waals surface area contributed by atoms with Gasteiger partial charge in [0.2, 0.25) is 0 Å². The van der Waals surface area contributed by atoms with Crippen molar-refractivity contribution < 1.29 is 0 Å². The Morgan fingerprint density at radius 3 is 2.73 bits per heavy atom. The topological polar surface area (TPSA) is 67.3 Å². The second-order valence-corrected chi connectivity index (χ2v) is 3.06. The van der Waals surface area contributed by atoms with Gasteiger partial charge in [-0.1, -0.05) is 0 Å². The van der Waals surface area contributed by atoms with Crippen LogP contribution in [0.2, 0.25) is 0 Å². The standard InChI is InChI=1S/C10H7N5/c1-3-11-4-2-7(1)8-9-10(14-5-12-8)15-6-13-9/h1-6H,(H,12,13,14,15). The Kier molecular flexibility index (Phi) is 1.68. The molecule has 3 rings (SSSR count). The van der Waals surface area contributed by atoms with E-state index in [1.54, 1.807) is 18.7 Å². The fourth-order valence-electron chi connectivity index (χ4n) is 1.49. The van der Waals surface area contributed by atoms with Crippen LogP contribution < -0.4 is 0 Å². The number of fused-ring (bicyclic) bond motifs is 1. The number of imidazole rings is 1. The first kappa shape index (κ1) is 8.05. The van der Waals surface area contributed by atoms with Crippen LogP contribution in [-0.2, 0) is 0 Å². The molecule has 0 amide bonds. The highest BCUT2D eigenvalue weighted by Gasteiger charge is 2.06. The van der Waals surface area contributed by atoms with Crippen molar-refractivity contribution in [2.45, 2.75) is 0 Å². The zero-order valence-corrected chi connectivity index (χ0v) is 7.75. The first-order chi connectivity index (χ1) is 7.45. The lowest BCUT2D eigenvalue weighted by molar-refractivity contribution is 1.20. The van der Waals surface area contributed by atoms with Gasteiger partial charge in [-0.3, -0.25) is 4.98 Å². The number of nitrogens with zero attached hydrogens (tertiary/aromatic N) is 4. The van der Waals surface area contributed by atoms with Crippen LogP contribution in [0.5, 0.6) is 0 Å². The summed E-state index contributed by atoms with van der Waals surface area (Å²) >= 11 is 0. The molecule has 0 fully saturated rings. The van der Waals surface area contributed by atoms with Crippen LogP contribution in [0.15, 0.2) is 37.2 Å². The smallest absolute Gasteiger partial charge is 0.181 e. The third-order valence-electron chi connectivity index (χ3n) is 2.18. The zero-order chi connectivity index (χ0) is 10.1. The molecule has 1 N–H and O–H groups in total. The Hall–Kier alpha value is -2.30. The molecule has 0 unspecified atom stereocenters. The predicted molar refractivity (Wildman–Crippen MR) is 54.9 cm³/mol. The van der Waals surface area contributed by atoms with E-state index in [9.17, 15) is 0 Å². The van der Waals surface area contributed by atoms with Gasteiger partial charge >= 0.3 is 0 Å². The lowest BCUT2D eigenvalue weighted by atomic mass is 10.2. The van der Waals surface area contributed by atoms with Crippen molar-refractivity contribution in [3.05, 3.63) is 37.2 Å². The Labute approximate surface area is 85.3 Å². The normalized spacial score (nSPS) is 10.7. The van der Waals surface area contributed by atoms with Crippen molar-refractivity contribution in [2.24, 2.45) is 0 Å². The van der Waals surface area contributed by atoms with Crippen molar-refractivity contribution in [1.82, 2.24) is 24.9 Å². The molecule has 0 bridgehead atoms. The minimum absolute atomic E-state index is 0.678. The molecule has 3 heterocycles. The van der Waals surface area contributed by atoms with Gasteiger partial charge in [0.05, 0.1) is 12.0 Å². The monoisotopic (exact) mass is 197 g/mol. The summed E-state index contributed by atoms with van der Waals surface area (Å²) in [6.07, 6.45) is 6.60. The van der Waals surface area contributed by atoms with Gasteiger partial charge in [-0.05, 0) is 12.1 Å². The van der Waals surface area contributed by atoms with E-state index in [4.69, 9.17) is 0 Å². The highest BCUT2D eigenvalue weighted by Crippen LogP contribution is 2.21. The van der Waals surface area contributed by atoms with Gasteiger partial charge in [0.1, 0.15) is 11.8 Å². The molecule has 0 aromatic carbocycles. The summed E-state index contributed by atoms with van der Waals surface area (Å²) < 4.78 is 0. The van der Waals surface area contributed by atoms with Gasteiger partial charge in [-0.15, -0.1) is 0 Å². The second-order valence-electron chi connectivity index (χ2n) is 3.06. The molecule has 15 heavy (non-hydrogen) atoms. The number of aromatic nitrogens is 5. The van der Waals surface area contributed by atoms with Gasteiger partial charge in [-0.2, -0.15) is 0 Å². The fraction of sp³-hybridized carbons (Fsp3) is 0. The molecule has 0 aliphatic rings. The molecule has 72 valence electrons. The molecule has 0 saturated heterocycles. The Morgan fingerprint density at radius 1 is 1.00 bits per heavy atom.